The number of rotatable bonds is 8. The number of ether oxygens (including phenoxy) is 2. The van der Waals surface area contributed by atoms with Crippen molar-refractivity contribution in [2.75, 3.05) is 13.2 Å². The van der Waals surface area contributed by atoms with Crippen LogP contribution in [0.2, 0.25) is 5.02 Å². The number of hydrogen-bond acceptors (Lipinski definition) is 5. The Balaban J connectivity index is 1.95. The van der Waals surface area contributed by atoms with Gasteiger partial charge in [0.2, 0.25) is 0 Å². The van der Waals surface area contributed by atoms with Crippen molar-refractivity contribution < 1.29 is 19.1 Å². The fraction of sp³-hybridized carbons (Fsp3) is 0.235. The third-order valence-corrected chi connectivity index (χ3v) is 3.21. The molecule has 0 heterocycles. The van der Waals surface area contributed by atoms with Crippen LogP contribution in [-0.4, -0.2) is 19.2 Å². The minimum absolute atomic E-state index is 0.205. The molecule has 0 aromatic heterocycles. The first-order valence-corrected chi connectivity index (χ1v) is 7.53. The van der Waals surface area contributed by atoms with Crippen molar-refractivity contribution in [3.8, 4) is 5.75 Å². The van der Waals surface area contributed by atoms with Gasteiger partial charge in [-0.2, -0.15) is 0 Å². The van der Waals surface area contributed by atoms with Gasteiger partial charge in [0.1, 0.15) is 12.4 Å². The molecule has 0 aliphatic carbocycles. The second-order valence-corrected chi connectivity index (χ2v) is 5.25. The van der Waals surface area contributed by atoms with Crippen LogP contribution < -0.4 is 10.6 Å². The third-order valence-electron chi connectivity index (χ3n) is 3.00. The zero-order valence-electron chi connectivity index (χ0n) is 12.5. The SMILES string of the molecule is NOCCCOc1cc(Cl)cc(C(=O)OCc2ccccc2)c1. The van der Waals surface area contributed by atoms with Crippen LogP contribution in [-0.2, 0) is 16.2 Å². The molecule has 5 nitrogen and oxygen atoms in total. The predicted molar refractivity (Wildman–Crippen MR) is 87.3 cm³/mol. The molecule has 0 spiro atoms. The maximum Gasteiger partial charge on any atom is 0.338 e. The van der Waals surface area contributed by atoms with Crippen LogP contribution in [0.1, 0.15) is 22.3 Å². The van der Waals surface area contributed by atoms with Gasteiger partial charge in [0.25, 0.3) is 0 Å². The average Bonchev–Trinajstić information content (AvgIpc) is 2.57. The predicted octanol–water partition coefficient (Wildman–Crippen LogP) is 3.36. The molecule has 0 aliphatic rings. The monoisotopic (exact) mass is 335 g/mol. The van der Waals surface area contributed by atoms with E-state index in [-0.39, 0.29) is 6.61 Å². The van der Waals surface area contributed by atoms with Gasteiger partial charge in [-0.3, -0.25) is 0 Å². The van der Waals surface area contributed by atoms with Crippen molar-refractivity contribution in [1.29, 1.82) is 0 Å². The number of benzene rings is 2. The van der Waals surface area contributed by atoms with E-state index in [0.29, 0.717) is 36.0 Å². The summed E-state index contributed by atoms with van der Waals surface area (Å²) in [7, 11) is 0. The van der Waals surface area contributed by atoms with E-state index >= 15 is 0 Å². The minimum Gasteiger partial charge on any atom is -0.493 e. The average molecular weight is 336 g/mol. The Hall–Kier alpha value is -2.08. The van der Waals surface area contributed by atoms with Gasteiger partial charge in [-0.15, -0.1) is 0 Å². The fourth-order valence-corrected chi connectivity index (χ4v) is 2.13. The summed E-state index contributed by atoms with van der Waals surface area (Å²) < 4.78 is 10.8. The highest BCUT2D eigenvalue weighted by Crippen LogP contribution is 2.22. The highest BCUT2D eigenvalue weighted by molar-refractivity contribution is 6.31. The van der Waals surface area contributed by atoms with Crippen LogP contribution in [0.3, 0.4) is 0 Å². The lowest BCUT2D eigenvalue weighted by atomic mass is 10.2. The first-order chi connectivity index (χ1) is 11.2. The molecule has 2 rings (SSSR count). The van der Waals surface area contributed by atoms with E-state index in [9.17, 15) is 4.79 Å². The number of carbonyl (C=O) groups excluding carboxylic acids is 1. The van der Waals surface area contributed by atoms with Crippen molar-refractivity contribution >= 4 is 17.6 Å². The molecule has 6 heteroatoms. The van der Waals surface area contributed by atoms with E-state index in [0.717, 1.165) is 5.56 Å². The van der Waals surface area contributed by atoms with Crippen molar-refractivity contribution in [2.45, 2.75) is 13.0 Å². The lowest BCUT2D eigenvalue weighted by molar-refractivity contribution is 0.0472. The molecule has 2 aromatic carbocycles. The normalized spacial score (nSPS) is 10.3. The van der Waals surface area contributed by atoms with Crippen molar-refractivity contribution in [1.82, 2.24) is 0 Å². The fourth-order valence-electron chi connectivity index (χ4n) is 1.90. The molecule has 2 aromatic rings. The molecule has 0 amide bonds. The second kappa shape index (κ2) is 9.15. The van der Waals surface area contributed by atoms with Gasteiger partial charge in [-0.25, -0.2) is 10.7 Å². The van der Waals surface area contributed by atoms with Crippen LogP contribution >= 0.6 is 11.6 Å². The Morgan fingerprint density at radius 1 is 1.09 bits per heavy atom. The van der Waals surface area contributed by atoms with Crippen molar-refractivity contribution in [3.63, 3.8) is 0 Å². The highest BCUT2D eigenvalue weighted by atomic mass is 35.5. The quantitative estimate of drug-likeness (QED) is 0.455. The number of nitrogens with two attached hydrogens (primary N) is 1. The van der Waals surface area contributed by atoms with Gasteiger partial charge < -0.3 is 14.3 Å². The first kappa shape index (κ1) is 17.3. The van der Waals surface area contributed by atoms with Crippen LogP contribution in [0.25, 0.3) is 0 Å². The standard InChI is InChI=1S/C17H18ClNO4/c18-15-9-14(10-16(11-15)21-7-4-8-23-19)17(20)22-12-13-5-2-1-3-6-13/h1-3,5-6,9-11H,4,7-8,12,19H2. The molecule has 0 fully saturated rings. The molecule has 0 radical (unpaired) electrons. The lowest BCUT2D eigenvalue weighted by Crippen LogP contribution is -2.08. The molecule has 0 unspecified atom stereocenters. The van der Waals surface area contributed by atoms with Crippen molar-refractivity contribution in [3.05, 3.63) is 64.7 Å². The van der Waals surface area contributed by atoms with Crippen LogP contribution in [0.4, 0.5) is 0 Å². The molecule has 0 bridgehead atoms. The first-order valence-electron chi connectivity index (χ1n) is 7.15. The molecule has 0 saturated heterocycles. The molecule has 0 saturated carbocycles. The van der Waals surface area contributed by atoms with Crippen LogP contribution in [0.5, 0.6) is 5.75 Å². The number of carbonyl (C=O) groups is 1. The van der Waals surface area contributed by atoms with Gasteiger partial charge in [0, 0.05) is 11.4 Å². The number of halogens is 1. The van der Waals surface area contributed by atoms with E-state index in [1.165, 1.54) is 0 Å². The van der Waals surface area contributed by atoms with Gasteiger partial charge >= 0.3 is 5.97 Å². The topological polar surface area (TPSA) is 70.8 Å². The Labute approximate surface area is 139 Å². The Morgan fingerprint density at radius 3 is 2.61 bits per heavy atom. The number of esters is 1. The summed E-state index contributed by atoms with van der Waals surface area (Å²) in [5.74, 6) is 4.99. The van der Waals surface area contributed by atoms with Gasteiger partial charge in [-0.05, 0) is 23.8 Å². The highest BCUT2D eigenvalue weighted by Gasteiger charge is 2.11. The Bertz CT molecular complexity index is 634. The summed E-state index contributed by atoms with van der Waals surface area (Å²) in [5.41, 5.74) is 1.26. The van der Waals surface area contributed by atoms with E-state index in [1.54, 1.807) is 18.2 Å². The van der Waals surface area contributed by atoms with E-state index < -0.39 is 5.97 Å². The molecule has 2 N–H and O–H groups in total. The van der Waals surface area contributed by atoms with Gasteiger partial charge in [0.05, 0.1) is 18.8 Å². The molecule has 0 atom stereocenters. The summed E-state index contributed by atoms with van der Waals surface area (Å²) >= 11 is 6.02. The van der Waals surface area contributed by atoms with E-state index in [2.05, 4.69) is 4.84 Å². The smallest absolute Gasteiger partial charge is 0.338 e. The Morgan fingerprint density at radius 2 is 1.87 bits per heavy atom. The zero-order valence-corrected chi connectivity index (χ0v) is 13.3. The van der Waals surface area contributed by atoms with Crippen LogP contribution in [0.15, 0.2) is 48.5 Å². The minimum atomic E-state index is -0.452. The summed E-state index contributed by atoms with van der Waals surface area (Å²) in [6.07, 6.45) is 0.636. The largest absolute Gasteiger partial charge is 0.493 e. The van der Waals surface area contributed by atoms with Crippen LogP contribution in [0, 0.1) is 0 Å². The molecular weight excluding hydrogens is 318 g/mol. The molecule has 122 valence electrons. The maximum atomic E-state index is 12.1. The van der Waals surface area contributed by atoms with Crippen molar-refractivity contribution in [2.24, 2.45) is 5.90 Å². The number of hydrogen-bond donors (Lipinski definition) is 1. The second-order valence-electron chi connectivity index (χ2n) is 4.81. The summed E-state index contributed by atoms with van der Waals surface area (Å²) in [6.45, 7) is 1.01. The van der Waals surface area contributed by atoms with E-state index in [1.807, 2.05) is 30.3 Å². The maximum absolute atomic E-state index is 12.1. The van der Waals surface area contributed by atoms with Gasteiger partial charge in [-0.1, -0.05) is 41.9 Å². The summed E-state index contributed by atoms with van der Waals surface area (Å²) in [5, 5.41) is 0.407. The summed E-state index contributed by atoms with van der Waals surface area (Å²) in [6, 6.07) is 14.2. The molecule has 23 heavy (non-hydrogen) atoms. The summed E-state index contributed by atoms with van der Waals surface area (Å²) in [4.78, 5) is 16.6. The Kier molecular flexibility index (Phi) is 6.87. The van der Waals surface area contributed by atoms with E-state index in [4.69, 9.17) is 27.0 Å². The molecule has 0 aliphatic heterocycles. The van der Waals surface area contributed by atoms with Gasteiger partial charge in [0.15, 0.2) is 0 Å². The zero-order chi connectivity index (χ0) is 16.5. The molecular formula is C17H18ClNO4. The third kappa shape index (κ3) is 5.90. The lowest BCUT2D eigenvalue weighted by Gasteiger charge is -2.09.